The molecule has 43 heavy (non-hydrogen) atoms. The van der Waals surface area contributed by atoms with Crippen LogP contribution in [0.1, 0.15) is 55.0 Å². The Bertz CT molecular complexity index is 1690. The number of nitrogens with two attached hydrogens (primary N) is 2. The van der Waals surface area contributed by atoms with Gasteiger partial charge in [0.25, 0.3) is 11.8 Å². The summed E-state index contributed by atoms with van der Waals surface area (Å²) < 4.78 is 0. The van der Waals surface area contributed by atoms with E-state index in [0.29, 0.717) is 23.3 Å². The molecule has 0 bridgehead atoms. The van der Waals surface area contributed by atoms with Crippen LogP contribution in [0.2, 0.25) is 0 Å². The largest absolute Gasteiger partial charge is 0.480 e. The lowest BCUT2D eigenvalue weighted by Crippen LogP contribution is -2.41. The van der Waals surface area contributed by atoms with Crippen LogP contribution in [0.4, 0.5) is 17.5 Å². The van der Waals surface area contributed by atoms with Gasteiger partial charge in [-0.15, -0.1) is 0 Å². The number of carbonyl (C=O) groups is 4. The third kappa shape index (κ3) is 7.30. The number of carboxylic acid groups (broad SMARTS) is 2. The van der Waals surface area contributed by atoms with Crippen molar-refractivity contribution in [2.24, 2.45) is 0 Å². The summed E-state index contributed by atoms with van der Waals surface area (Å²) in [6.07, 6.45) is 1.95. The number of nitrogen functional groups attached to an aromatic ring is 2. The Balaban J connectivity index is 1.29. The highest BCUT2D eigenvalue weighted by atomic mass is 16.4. The molecule has 14 heteroatoms. The van der Waals surface area contributed by atoms with Gasteiger partial charge in [0.2, 0.25) is 5.95 Å². The molecule has 222 valence electrons. The number of anilines is 3. The quantitative estimate of drug-likeness (QED) is 0.118. The number of fused-ring (bicyclic) bond motifs is 1. The lowest BCUT2D eigenvalue weighted by atomic mass is 10.1. The first-order chi connectivity index (χ1) is 20.5. The van der Waals surface area contributed by atoms with Gasteiger partial charge in [0.05, 0.1) is 16.5 Å². The van der Waals surface area contributed by atoms with Crippen LogP contribution in [-0.4, -0.2) is 61.5 Å². The zero-order chi connectivity index (χ0) is 31.1. The van der Waals surface area contributed by atoms with E-state index in [1.165, 1.54) is 18.2 Å². The Morgan fingerprint density at radius 2 is 1.63 bits per heavy atom. The van der Waals surface area contributed by atoms with Crippen LogP contribution in [0.3, 0.4) is 0 Å². The van der Waals surface area contributed by atoms with Gasteiger partial charge in [-0.3, -0.25) is 9.59 Å². The van der Waals surface area contributed by atoms with Crippen LogP contribution < -0.4 is 27.4 Å². The third-order valence-electron chi connectivity index (χ3n) is 6.73. The summed E-state index contributed by atoms with van der Waals surface area (Å²) >= 11 is 0. The van der Waals surface area contributed by atoms with E-state index in [2.05, 4.69) is 30.9 Å². The number of aryl methyl sites for hydroxylation is 1. The molecule has 0 aliphatic rings. The molecule has 0 radical (unpaired) electrons. The number of rotatable bonds is 12. The average molecular weight is 587 g/mol. The van der Waals surface area contributed by atoms with Gasteiger partial charge in [-0.2, -0.15) is 9.97 Å². The summed E-state index contributed by atoms with van der Waals surface area (Å²) in [4.78, 5) is 60.6. The van der Waals surface area contributed by atoms with Gasteiger partial charge in [-0.25, -0.2) is 14.6 Å². The number of nitrogens with zero attached hydrogens (tertiary/aromatic N) is 3. The summed E-state index contributed by atoms with van der Waals surface area (Å²) in [6.45, 7) is 2.38. The van der Waals surface area contributed by atoms with Crippen molar-refractivity contribution < 1.29 is 29.4 Å². The molecule has 0 unspecified atom stereocenters. The second kappa shape index (κ2) is 13.2. The predicted molar refractivity (Wildman–Crippen MR) is 159 cm³/mol. The Morgan fingerprint density at radius 1 is 0.930 bits per heavy atom. The zero-order valence-electron chi connectivity index (χ0n) is 23.1. The fraction of sp³-hybridized carbons (Fsp3) is 0.207. The van der Waals surface area contributed by atoms with Crippen molar-refractivity contribution >= 4 is 52.2 Å². The number of pyridine rings is 1. The van der Waals surface area contributed by atoms with E-state index in [9.17, 15) is 29.4 Å². The minimum absolute atomic E-state index is 0.00463. The number of nitrogens with one attached hydrogen (secondary N) is 3. The van der Waals surface area contributed by atoms with E-state index in [1.807, 2.05) is 6.92 Å². The molecular formula is C29H30N8O6. The van der Waals surface area contributed by atoms with Crippen molar-refractivity contribution in [1.29, 1.82) is 0 Å². The summed E-state index contributed by atoms with van der Waals surface area (Å²) in [5, 5.41) is 27.8. The summed E-state index contributed by atoms with van der Waals surface area (Å²) in [5.41, 5.74) is 14.6. The van der Waals surface area contributed by atoms with Gasteiger partial charge in [0.15, 0.2) is 5.65 Å². The molecule has 0 saturated carbocycles. The first-order valence-corrected chi connectivity index (χ1v) is 13.2. The van der Waals surface area contributed by atoms with Crippen molar-refractivity contribution in [3.05, 3.63) is 82.5 Å². The first kappa shape index (κ1) is 30.2. The van der Waals surface area contributed by atoms with Gasteiger partial charge in [0, 0.05) is 30.5 Å². The number of benzene rings is 2. The maximum atomic E-state index is 12.7. The Morgan fingerprint density at radius 3 is 2.30 bits per heavy atom. The highest BCUT2D eigenvalue weighted by Crippen LogP contribution is 2.24. The summed E-state index contributed by atoms with van der Waals surface area (Å²) in [7, 11) is 0. The van der Waals surface area contributed by atoms with Crippen LogP contribution >= 0.6 is 0 Å². The van der Waals surface area contributed by atoms with E-state index in [1.54, 1.807) is 36.5 Å². The van der Waals surface area contributed by atoms with Crippen LogP contribution in [-0.2, 0) is 11.3 Å². The van der Waals surface area contributed by atoms with E-state index in [4.69, 9.17) is 11.5 Å². The van der Waals surface area contributed by atoms with Gasteiger partial charge in [-0.1, -0.05) is 12.1 Å². The van der Waals surface area contributed by atoms with E-state index >= 15 is 0 Å². The first-order valence-electron chi connectivity index (χ1n) is 13.2. The topological polar surface area (TPSA) is 236 Å². The molecule has 0 aliphatic carbocycles. The normalized spacial score (nSPS) is 11.5. The van der Waals surface area contributed by atoms with Crippen molar-refractivity contribution in [2.45, 2.75) is 32.4 Å². The number of aromatic carboxylic acids is 1. The van der Waals surface area contributed by atoms with Crippen LogP contribution in [0, 0.1) is 6.92 Å². The molecule has 0 aliphatic heterocycles. The minimum Gasteiger partial charge on any atom is -0.480 e. The van der Waals surface area contributed by atoms with Crippen LogP contribution in [0.5, 0.6) is 0 Å². The van der Waals surface area contributed by atoms with Crippen molar-refractivity contribution in [3.63, 3.8) is 0 Å². The number of aliphatic carboxylic acids is 1. The standard InChI is InChI=1S/C29H30N8O6/c1-15-17(14-34-24-22(15)23(30)36-29(31)37-24)13-33-18-10-8-16(9-11-18)25(38)35-21(28(42)43)7-4-12-32-26(39)19-5-2-3-6-20(19)27(40)41/h2-3,5-6,8-11,14,21,33H,4,7,12-13H2,1H3,(H,32,39)(H,35,38)(H,40,41)(H,42,43)(H4,30,31,34,36,37)/t21-/m0/s1. The van der Waals surface area contributed by atoms with Gasteiger partial charge >= 0.3 is 11.9 Å². The molecular weight excluding hydrogens is 556 g/mol. The second-order valence-electron chi connectivity index (χ2n) is 9.62. The molecule has 9 N–H and O–H groups in total. The van der Waals surface area contributed by atoms with Crippen molar-refractivity contribution in [3.8, 4) is 0 Å². The number of hydrogen-bond donors (Lipinski definition) is 7. The van der Waals surface area contributed by atoms with E-state index in [-0.39, 0.29) is 47.8 Å². The van der Waals surface area contributed by atoms with Crippen LogP contribution in [0.25, 0.3) is 11.0 Å². The molecule has 2 aromatic heterocycles. The van der Waals surface area contributed by atoms with Gasteiger partial charge < -0.3 is 37.6 Å². The number of carbonyl (C=O) groups excluding carboxylic acids is 2. The predicted octanol–water partition coefficient (Wildman–Crippen LogP) is 2.20. The smallest absolute Gasteiger partial charge is 0.336 e. The molecule has 2 aromatic carbocycles. The maximum absolute atomic E-state index is 12.7. The molecule has 4 aromatic rings. The lowest BCUT2D eigenvalue weighted by Gasteiger charge is -2.15. The number of aromatic nitrogens is 3. The molecule has 2 amide bonds. The highest BCUT2D eigenvalue weighted by molar-refractivity contribution is 6.04. The van der Waals surface area contributed by atoms with E-state index < -0.39 is 29.8 Å². The molecule has 4 rings (SSSR count). The third-order valence-corrected chi connectivity index (χ3v) is 6.73. The summed E-state index contributed by atoms with van der Waals surface area (Å²) in [5.74, 6) is -3.31. The Hall–Kier alpha value is -5.79. The Labute approximate surface area is 245 Å². The summed E-state index contributed by atoms with van der Waals surface area (Å²) in [6, 6.07) is 11.1. The number of hydrogen-bond acceptors (Lipinski definition) is 10. The molecule has 0 fully saturated rings. The maximum Gasteiger partial charge on any atom is 0.336 e. The van der Waals surface area contributed by atoms with Crippen molar-refractivity contribution in [2.75, 3.05) is 23.3 Å². The molecule has 14 nitrogen and oxygen atoms in total. The average Bonchev–Trinajstić information content (AvgIpc) is 2.97. The zero-order valence-corrected chi connectivity index (χ0v) is 23.1. The monoisotopic (exact) mass is 586 g/mol. The lowest BCUT2D eigenvalue weighted by molar-refractivity contribution is -0.139. The fourth-order valence-electron chi connectivity index (χ4n) is 4.42. The van der Waals surface area contributed by atoms with Crippen molar-refractivity contribution in [1.82, 2.24) is 25.6 Å². The number of amides is 2. The number of carboxylic acids is 2. The van der Waals surface area contributed by atoms with E-state index in [0.717, 1.165) is 11.1 Å². The molecule has 0 spiro atoms. The highest BCUT2D eigenvalue weighted by Gasteiger charge is 2.21. The van der Waals surface area contributed by atoms with Gasteiger partial charge in [-0.05, 0) is 67.3 Å². The second-order valence-corrected chi connectivity index (χ2v) is 9.62. The fourth-order valence-corrected chi connectivity index (χ4v) is 4.42. The minimum atomic E-state index is -1.23. The molecule has 0 saturated heterocycles. The SMILES string of the molecule is Cc1c(CNc2ccc(C(=O)N[C@@H](CCCNC(=O)c3ccccc3C(=O)O)C(=O)O)cc2)cnc2nc(N)nc(N)c12. The molecule has 1 atom stereocenters. The Kier molecular flexibility index (Phi) is 9.30. The van der Waals surface area contributed by atoms with Crippen LogP contribution in [0.15, 0.2) is 54.7 Å². The molecule has 2 heterocycles. The van der Waals surface area contributed by atoms with Gasteiger partial charge in [0.1, 0.15) is 11.9 Å².